The average molecular weight is 277 g/mol. The monoisotopic (exact) mass is 277 g/mol. The van der Waals surface area contributed by atoms with E-state index < -0.39 is 0 Å². The van der Waals surface area contributed by atoms with Crippen LogP contribution < -0.4 is 4.73 Å². The van der Waals surface area contributed by atoms with E-state index in [4.69, 9.17) is 4.74 Å². The first-order valence-electron chi connectivity index (χ1n) is 6.57. The number of hydrogen-bond donors (Lipinski definition) is 0. The minimum atomic E-state index is -0.317. The van der Waals surface area contributed by atoms with Crippen molar-refractivity contribution in [1.82, 2.24) is 9.80 Å². The molecule has 106 valence electrons. The maximum atomic E-state index is 12.3. The number of cyclic esters (lactones) is 1. The molecule has 1 unspecified atom stereocenters. The molecule has 0 saturated carbocycles. The van der Waals surface area contributed by atoms with Crippen molar-refractivity contribution >= 4 is 12.0 Å². The quantitative estimate of drug-likeness (QED) is 0.562. The first-order valence-corrected chi connectivity index (χ1v) is 6.57. The standard InChI is InChI=1S/C13H15N3O4/c17-12(11-3-1-2-5-16(11)19)14-6-4-10(9-14)15-7-8-20-13(15)18/h1-3,5,10H,4,6-9H2. The Morgan fingerprint density at radius 2 is 2.25 bits per heavy atom. The number of nitrogens with zero attached hydrogens (tertiary/aromatic N) is 3. The number of carbonyl (C=O) groups is 2. The molecule has 7 nitrogen and oxygen atoms in total. The van der Waals surface area contributed by atoms with Gasteiger partial charge in [-0.1, -0.05) is 0 Å². The minimum absolute atomic E-state index is 0.0160. The average Bonchev–Trinajstić information content (AvgIpc) is 3.07. The van der Waals surface area contributed by atoms with Crippen molar-refractivity contribution in [2.45, 2.75) is 12.5 Å². The van der Waals surface area contributed by atoms with E-state index in [0.717, 1.165) is 0 Å². The number of likely N-dealkylation sites (tertiary alicyclic amines) is 1. The summed E-state index contributed by atoms with van der Waals surface area (Å²) < 4.78 is 5.48. The van der Waals surface area contributed by atoms with E-state index >= 15 is 0 Å². The molecular weight excluding hydrogens is 262 g/mol. The molecule has 0 aliphatic carbocycles. The first kappa shape index (κ1) is 12.7. The fourth-order valence-corrected chi connectivity index (χ4v) is 2.67. The van der Waals surface area contributed by atoms with Gasteiger partial charge in [-0.25, -0.2) is 4.79 Å². The number of ether oxygens (including phenoxy) is 1. The van der Waals surface area contributed by atoms with Crippen LogP contribution in [0.4, 0.5) is 4.79 Å². The molecule has 0 radical (unpaired) electrons. The fraction of sp³-hybridized carbons (Fsp3) is 0.462. The summed E-state index contributed by atoms with van der Waals surface area (Å²) in [6, 6.07) is 4.73. The Kier molecular flexibility index (Phi) is 3.17. The largest absolute Gasteiger partial charge is 0.618 e. The van der Waals surface area contributed by atoms with Gasteiger partial charge in [-0.3, -0.25) is 9.69 Å². The predicted molar refractivity (Wildman–Crippen MR) is 67.8 cm³/mol. The molecule has 0 bridgehead atoms. The van der Waals surface area contributed by atoms with Gasteiger partial charge in [-0.05, 0) is 12.5 Å². The van der Waals surface area contributed by atoms with Gasteiger partial charge in [0.05, 0.1) is 12.6 Å². The van der Waals surface area contributed by atoms with Crippen LogP contribution in [0.1, 0.15) is 16.9 Å². The highest BCUT2D eigenvalue weighted by molar-refractivity contribution is 5.91. The summed E-state index contributed by atoms with van der Waals surface area (Å²) in [5.74, 6) is -0.296. The second kappa shape index (κ2) is 4.99. The Morgan fingerprint density at radius 1 is 1.40 bits per heavy atom. The molecule has 1 atom stereocenters. The van der Waals surface area contributed by atoms with Crippen LogP contribution in [0.3, 0.4) is 0 Å². The number of rotatable bonds is 2. The highest BCUT2D eigenvalue weighted by atomic mass is 16.6. The van der Waals surface area contributed by atoms with Crippen molar-refractivity contribution in [2.24, 2.45) is 0 Å². The molecule has 3 rings (SSSR count). The Labute approximate surface area is 115 Å². The van der Waals surface area contributed by atoms with Crippen molar-refractivity contribution in [3.05, 3.63) is 35.3 Å². The number of aromatic nitrogens is 1. The lowest BCUT2D eigenvalue weighted by atomic mass is 10.2. The second-order valence-corrected chi connectivity index (χ2v) is 4.91. The summed E-state index contributed by atoms with van der Waals surface area (Å²) in [5, 5.41) is 11.6. The van der Waals surface area contributed by atoms with Crippen molar-refractivity contribution in [2.75, 3.05) is 26.2 Å². The molecule has 20 heavy (non-hydrogen) atoms. The molecule has 1 aromatic rings. The predicted octanol–water partition coefficient (Wildman–Crippen LogP) is -0.0133. The smallest absolute Gasteiger partial charge is 0.410 e. The second-order valence-electron chi connectivity index (χ2n) is 4.91. The van der Waals surface area contributed by atoms with Crippen LogP contribution >= 0.6 is 0 Å². The molecule has 3 heterocycles. The van der Waals surface area contributed by atoms with Gasteiger partial charge in [0.1, 0.15) is 6.61 Å². The number of hydrogen-bond acceptors (Lipinski definition) is 4. The molecule has 2 saturated heterocycles. The van der Waals surface area contributed by atoms with Crippen LogP contribution in [-0.2, 0) is 4.74 Å². The lowest BCUT2D eigenvalue weighted by Crippen LogP contribution is -2.43. The normalized spacial score (nSPS) is 22.2. The number of amides is 2. The molecule has 1 aromatic heterocycles. The number of pyridine rings is 1. The third kappa shape index (κ3) is 2.15. The molecule has 2 aliphatic rings. The molecule has 2 fully saturated rings. The zero-order chi connectivity index (χ0) is 14.1. The van der Waals surface area contributed by atoms with Crippen molar-refractivity contribution < 1.29 is 19.1 Å². The molecule has 0 N–H and O–H groups in total. The van der Waals surface area contributed by atoms with Gasteiger partial charge in [0.25, 0.3) is 5.69 Å². The SMILES string of the molecule is O=C(c1cccc[n+]1[O-])N1CCC(N2CCOC2=O)C1. The zero-order valence-corrected chi connectivity index (χ0v) is 10.9. The minimum Gasteiger partial charge on any atom is -0.618 e. The fourth-order valence-electron chi connectivity index (χ4n) is 2.67. The summed E-state index contributed by atoms with van der Waals surface area (Å²) in [6.07, 6.45) is 1.70. The van der Waals surface area contributed by atoms with Gasteiger partial charge in [0.2, 0.25) is 0 Å². The Balaban J connectivity index is 1.69. The zero-order valence-electron chi connectivity index (χ0n) is 10.9. The maximum absolute atomic E-state index is 12.3. The van der Waals surface area contributed by atoms with Crippen LogP contribution in [0.2, 0.25) is 0 Å². The van der Waals surface area contributed by atoms with E-state index in [-0.39, 0.29) is 23.7 Å². The van der Waals surface area contributed by atoms with E-state index in [1.807, 2.05) is 0 Å². The summed E-state index contributed by atoms with van der Waals surface area (Å²) in [4.78, 5) is 27.1. The summed E-state index contributed by atoms with van der Waals surface area (Å²) in [5.41, 5.74) is 0.108. The van der Waals surface area contributed by atoms with Crippen molar-refractivity contribution in [1.29, 1.82) is 0 Å². The van der Waals surface area contributed by atoms with Crippen LogP contribution in [0, 0.1) is 5.21 Å². The molecule has 2 aliphatic heterocycles. The highest BCUT2D eigenvalue weighted by Gasteiger charge is 2.37. The van der Waals surface area contributed by atoms with Gasteiger partial charge in [0, 0.05) is 25.2 Å². The third-order valence-electron chi connectivity index (χ3n) is 3.73. The van der Waals surface area contributed by atoms with E-state index in [1.165, 1.54) is 12.3 Å². The molecule has 0 aromatic carbocycles. The Morgan fingerprint density at radius 3 is 2.95 bits per heavy atom. The van der Waals surface area contributed by atoms with Crippen LogP contribution in [0.5, 0.6) is 0 Å². The maximum Gasteiger partial charge on any atom is 0.410 e. The Bertz CT molecular complexity index is 548. The van der Waals surface area contributed by atoms with E-state index in [2.05, 4.69) is 0 Å². The third-order valence-corrected chi connectivity index (χ3v) is 3.73. The summed E-state index contributed by atoms with van der Waals surface area (Å²) in [7, 11) is 0. The van der Waals surface area contributed by atoms with E-state index in [9.17, 15) is 14.8 Å². The van der Waals surface area contributed by atoms with Crippen LogP contribution in [-0.4, -0.2) is 54.1 Å². The van der Waals surface area contributed by atoms with Gasteiger partial charge in [0.15, 0.2) is 6.20 Å². The Hall–Kier alpha value is -2.31. The molecule has 2 amide bonds. The number of carbonyl (C=O) groups excluding carboxylic acids is 2. The van der Waals surface area contributed by atoms with Crippen molar-refractivity contribution in [3.8, 4) is 0 Å². The lowest BCUT2D eigenvalue weighted by Gasteiger charge is -2.21. The van der Waals surface area contributed by atoms with Crippen LogP contribution in [0.15, 0.2) is 24.4 Å². The lowest BCUT2D eigenvalue weighted by molar-refractivity contribution is -0.608. The van der Waals surface area contributed by atoms with E-state index in [1.54, 1.807) is 21.9 Å². The van der Waals surface area contributed by atoms with E-state index in [0.29, 0.717) is 37.4 Å². The highest BCUT2D eigenvalue weighted by Crippen LogP contribution is 2.20. The van der Waals surface area contributed by atoms with Gasteiger partial charge in [-0.2, -0.15) is 4.73 Å². The molecule has 7 heteroatoms. The topological polar surface area (TPSA) is 76.8 Å². The molecular formula is C13H15N3O4. The summed E-state index contributed by atoms with van der Waals surface area (Å²) in [6.45, 7) is 1.96. The molecule has 0 spiro atoms. The van der Waals surface area contributed by atoms with Gasteiger partial charge in [-0.15, -0.1) is 0 Å². The van der Waals surface area contributed by atoms with Crippen molar-refractivity contribution in [3.63, 3.8) is 0 Å². The van der Waals surface area contributed by atoms with Gasteiger partial charge >= 0.3 is 12.0 Å². The first-order chi connectivity index (χ1) is 9.66. The summed E-state index contributed by atoms with van der Waals surface area (Å²) >= 11 is 0. The van der Waals surface area contributed by atoms with Gasteiger partial charge < -0.3 is 14.8 Å². The van der Waals surface area contributed by atoms with Crippen LogP contribution in [0.25, 0.3) is 0 Å².